The van der Waals surface area contributed by atoms with Gasteiger partial charge in [-0.15, -0.1) is 0 Å². The number of imidazole rings is 2. The molecule has 2 atom stereocenters. The molecule has 50 heavy (non-hydrogen) atoms. The molecular weight excluding hydrogens is 621 g/mol. The molecule has 2 aliphatic rings. The Balaban J connectivity index is 1.25. The third-order valence-corrected chi connectivity index (χ3v) is 10.6. The zero-order valence-corrected chi connectivity index (χ0v) is 29.2. The minimum atomic E-state index is -0.319. The third kappa shape index (κ3) is 6.48. The molecule has 2 unspecified atom stereocenters. The van der Waals surface area contributed by atoms with Gasteiger partial charge in [-0.3, -0.25) is 14.6 Å². The molecular formula is C41H46N8O. The van der Waals surface area contributed by atoms with Crippen molar-refractivity contribution >= 4 is 17.1 Å². The van der Waals surface area contributed by atoms with Gasteiger partial charge in [-0.25, -0.2) is 19.0 Å². The second kappa shape index (κ2) is 14.2. The van der Waals surface area contributed by atoms with Gasteiger partial charge in [0, 0.05) is 24.0 Å². The monoisotopic (exact) mass is 666 g/mol. The molecule has 0 bridgehead atoms. The van der Waals surface area contributed by atoms with E-state index in [-0.39, 0.29) is 17.9 Å². The molecule has 9 heteroatoms. The van der Waals surface area contributed by atoms with E-state index in [9.17, 15) is 0 Å². The Bertz CT molecular complexity index is 1940. The van der Waals surface area contributed by atoms with Crippen molar-refractivity contribution in [3.8, 4) is 22.5 Å². The lowest BCUT2D eigenvalue weighted by molar-refractivity contribution is -0.130. The Kier molecular flexibility index (Phi) is 9.25. The molecule has 9 nitrogen and oxygen atoms in total. The number of Topliss-reactive ketones (excluding diaryl/α,β-unsaturated/α-hetero) is 1. The van der Waals surface area contributed by atoms with Gasteiger partial charge in [-0.1, -0.05) is 73.5 Å². The number of aryl methyl sites for hydroxylation is 2. The number of carbonyl (C=O) groups is 1. The first-order valence-corrected chi connectivity index (χ1v) is 18.4. The number of hydrogen-bond donors (Lipinski definition) is 0. The molecule has 2 fully saturated rings. The zero-order valence-electron chi connectivity index (χ0n) is 29.2. The molecule has 6 heterocycles. The van der Waals surface area contributed by atoms with E-state index in [0.717, 1.165) is 108 Å². The number of carbonyl (C=O) groups excluding carboxylic acids is 1. The summed E-state index contributed by atoms with van der Waals surface area (Å²) >= 11 is 0. The highest BCUT2D eigenvalue weighted by atomic mass is 16.1. The minimum Gasteiger partial charge on any atom is -0.296 e. The second-order valence-corrected chi connectivity index (χ2v) is 14.1. The van der Waals surface area contributed by atoms with Gasteiger partial charge in [0.15, 0.2) is 17.1 Å². The predicted molar refractivity (Wildman–Crippen MR) is 197 cm³/mol. The Hall–Kier alpha value is -4.73. The topological polar surface area (TPSA) is 83.9 Å². The van der Waals surface area contributed by atoms with Crippen LogP contribution in [0, 0.1) is 13.8 Å². The molecule has 0 radical (unpaired) electrons. The van der Waals surface area contributed by atoms with Crippen LogP contribution in [0.2, 0.25) is 0 Å². The van der Waals surface area contributed by atoms with Gasteiger partial charge >= 0.3 is 0 Å². The van der Waals surface area contributed by atoms with E-state index < -0.39 is 0 Å². The number of aromatic nitrogens is 6. The molecule has 0 aliphatic carbocycles. The van der Waals surface area contributed by atoms with Crippen molar-refractivity contribution in [2.75, 3.05) is 26.2 Å². The van der Waals surface area contributed by atoms with Crippen LogP contribution in [0.1, 0.15) is 61.3 Å². The number of rotatable bonds is 10. The van der Waals surface area contributed by atoms with E-state index in [2.05, 4.69) is 58.3 Å². The summed E-state index contributed by atoms with van der Waals surface area (Å²) in [7, 11) is 0. The van der Waals surface area contributed by atoms with Crippen LogP contribution < -0.4 is 0 Å². The highest BCUT2D eigenvalue weighted by Crippen LogP contribution is 2.31. The van der Waals surface area contributed by atoms with E-state index >= 15 is 4.79 Å². The third-order valence-electron chi connectivity index (χ3n) is 10.6. The molecule has 8 rings (SSSR count). The quantitative estimate of drug-likeness (QED) is 0.159. The fourth-order valence-electron chi connectivity index (χ4n) is 8.03. The number of likely N-dealkylation sites (tertiary alicyclic amines) is 2. The molecule has 2 saturated heterocycles. The van der Waals surface area contributed by atoms with Crippen molar-refractivity contribution in [2.24, 2.45) is 0 Å². The molecule has 6 aromatic rings. The summed E-state index contributed by atoms with van der Waals surface area (Å²) in [5.74, 6) is 0.275. The van der Waals surface area contributed by atoms with Crippen LogP contribution in [0.25, 0.3) is 33.8 Å². The maximum absolute atomic E-state index is 15.6. The molecule has 0 spiro atoms. The van der Waals surface area contributed by atoms with Crippen LogP contribution in [0.4, 0.5) is 0 Å². The summed E-state index contributed by atoms with van der Waals surface area (Å²) < 4.78 is 3.98. The van der Waals surface area contributed by atoms with Crippen molar-refractivity contribution < 1.29 is 4.79 Å². The zero-order chi connectivity index (χ0) is 34.0. The number of piperidine rings is 2. The lowest BCUT2D eigenvalue weighted by Gasteiger charge is -2.39. The summed E-state index contributed by atoms with van der Waals surface area (Å²) in [6, 6.07) is 28.2. The summed E-state index contributed by atoms with van der Waals surface area (Å²) in [5, 5.41) is 9.91. The minimum absolute atomic E-state index is 0.275. The van der Waals surface area contributed by atoms with Gasteiger partial charge in [-0.05, 0) is 90.0 Å². The highest BCUT2D eigenvalue weighted by molar-refractivity contribution is 5.90. The largest absolute Gasteiger partial charge is 0.296 e. The molecule has 0 amide bonds. The van der Waals surface area contributed by atoms with Crippen molar-refractivity contribution in [1.82, 2.24) is 39.0 Å². The van der Waals surface area contributed by atoms with Crippen LogP contribution in [0.5, 0.6) is 0 Å². The van der Waals surface area contributed by atoms with Crippen molar-refractivity contribution in [2.45, 2.75) is 77.3 Å². The Morgan fingerprint density at radius 1 is 0.560 bits per heavy atom. The van der Waals surface area contributed by atoms with Crippen LogP contribution in [0.15, 0.2) is 84.9 Å². The van der Waals surface area contributed by atoms with Gasteiger partial charge in [0.25, 0.3) is 0 Å². The number of nitrogens with zero attached hydrogens (tertiary/aromatic N) is 8. The van der Waals surface area contributed by atoms with Crippen LogP contribution in [0.3, 0.4) is 0 Å². The fourth-order valence-corrected chi connectivity index (χ4v) is 8.03. The SMILES string of the molecule is Cc1ccc2nc(-c3ccccc3)c(CC(C(=O)C(Cc3c(-c4ccccc4)nc4ccc(C)nn34)N3CCCCC3)N3CCCCC3)n2n1. The fraction of sp³-hybridized carbons (Fsp3) is 0.390. The Labute approximate surface area is 294 Å². The smallest absolute Gasteiger partial charge is 0.167 e. The normalized spacial score (nSPS) is 17.3. The standard InChI is InChI=1S/C41H46N8O/c1-29-19-21-37-42-39(31-15-7-3-8-16-31)33(48(37)44-29)27-35(46-23-11-5-12-24-46)41(50)36(47-25-13-6-14-26-47)28-34-40(32-17-9-4-10-18-32)43-38-22-20-30(2)45-49(34)38/h3-4,7-10,15-22,35-36H,5-6,11-14,23-28H2,1-2H3. The van der Waals surface area contributed by atoms with E-state index in [1.54, 1.807) is 0 Å². The number of ketones is 1. The number of hydrogen-bond acceptors (Lipinski definition) is 7. The molecule has 0 N–H and O–H groups in total. The molecule has 2 aliphatic heterocycles. The van der Waals surface area contributed by atoms with Crippen molar-refractivity contribution in [3.05, 3.63) is 108 Å². The highest BCUT2D eigenvalue weighted by Gasteiger charge is 2.38. The van der Waals surface area contributed by atoms with Crippen LogP contribution in [-0.4, -0.2) is 83.0 Å². The lowest BCUT2D eigenvalue weighted by Crippen LogP contribution is -2.55. The van der Waals surface area contributed by atoms with E-state index in [0.29, 0.717) is 12.8 Å². The molecule has 2 aromatic carbocycles. The average molecular weight is 667 g/mol. The average Bonchev–Trinajstić information content (AvgIpc) is 3.71. The van der Waals surface area contributed by atoms with E-state index in [1.165, 1.54) is 12.8 Å². The lowest BCUT2D eigenvalue weighted by atomic mass is 9.90. The van der Waals surface area contributed by atoms with E-state index in [4.69, 9.17) is 20.2 Å². The van der Waals surface area contributed by atoms with Crippen molar-refractivity contribution in [3.63, 3.8) is 0 Å². The molecule has 0 saturated carbocycles. The summed E-state index contributed by atoms with van der Waals surface area (Å²) in [6.07, 6.45) is 7.89. The summed E-state index contributed by atoms with van der Waals surface area (Å²) in [6.45, 7) is 7.69. The van der Waals surface area contributed by atoms with Gasteiger partial charge in [-0.2, -0.15) is 10.2 Å². The van der Waals surface area contributed by atoms with Crippen LogP contribution in [-0.2, 0) is 17.6 Å². The van der Waals surface area contributed by atoms with Gasteiger partial charge in [0.1, 0.15) is 0 Å². The Morgan fingerprint density at radius 2 is 0.960 bits per heavy atom. The predicted octanol–water partition coefficient (Wildman–Crippen LogP) is 6.79. The van der Waals surface area contributed by atoms with E-state index in [1.807, 2.05) is 59.3 Å². The van der Waals surface area contributed by atoms with Gasteiger partial charge < -0.3 is 0 Å². The molecule has 4 aromatic heterocycles. The first-order valence-electron chi connectivity index (χ1n) is 18.4. The van der Waals surface area contributed by atoms with Gasteiger partial charge in [0.05, 0.1) is 46.2 Å². The summed E-state index contributed by atoms with van der Waals surface area (Å²) in [4.78, 5) is 30.7. The maximum Gasteiger partial charge on any atom is 0.167 e. The van der Waals surface area contributed by atoms with Gasteiger partial charge in [0.2, 0.25) is 0 Å². The Morgan fingerprint density at radius 3 is 1.36 bits per heavy atom. The molecule has 256 valence electrons. The summed E-state index contributed by atoms with van der Waals surface area (Å²) in [5.41, 5.74) is 9.34. The second-order valence-electron chi connectivity index (χ2n) is 14.1. The number of fused-ring (bicyclic) bond motifs is 2. The number of benzene rings is 2. The van der Waals surface area contributed by atoms with Crippen molar-refractivity contribution in [1.29, 1.82) is 0 Å². The first kappa shape index (κ1) is 32.5. The maximum atomic E-state index is 15.6. The first-order chi connectivity index (χ1) is 24.5. The van der Waals surface area contributed by atoms with Crippen LogP contribution >= 0.6 is 0 Å².